The molecule has 2 nitrogen and oxygen atoms in total. The molecule has 0 aliphatic rings. The van der Waals surface area contributed by atoms with Gasteiger partial charge in [-0.1, -0.05) is 103 Å². The highest BCUT2D eigenvalue weighted by Gasteiger charge is 2.04. The Bertz CT molecular complexity index is 377. The standard InChI is InChI=1S/C24H42O2/c1-3-5-7-9-11-13-17-21-25-23-19-15-16-20-24(23)26-22-18-14-12-10-8-6-4-2/h15-16,19-20H,3-14,17-18,21-22H2,1-2H3. The zero-order valence-electron chi connectivity index (χ0n) is 17.4. The van der Waals surface area contributed by atoms with Crippen LogP contribution in [0.3, 0.4) is 0 Å². The smallest absolute Gasteiger partial charge is 0.161 e. The summed E-state index contributed by atoms with van der Waals surface area (Å²) in [5, 5.41) is 0. The van der Waals surface area contributed by atoms with E-state index in [0.717, 1.165) is 37.6 Å². The number of hydrogen-bond acceptors (Lipinski definition) is 2. The molecule has 0 bridgehead atoms. The Morgan fingerprint density at radius 1 is 0.500 bits per heavy atom. The first kappa shape index (κ1) is 22.9. The number of rotatable bonds is 18. The lowest BCUT2D eigenvalue weighted by atomic mass is 10.1. The number of para-hydroxylation sites is 2. The summed E-state index contributed by atoms with van der Waals surface area (Å²) in [5.74, 6) is 1.81. The fraction of sp³-hybridized carbons (Fsp3) is 0.750. The Labute approximate surface area is 162 Å². The van der Waals surface area contributed by atoms with Crippen LogP contribution < -0.4 is 9.47 Å². The van der Waals surface area contributed by atoms with Gasteiger partial charge in [-0.15, -0.1) is 0 Å². The molecule has 0 radical (unpaired) electrons. The number of benzene rings is 1. The van der Waals surface area contributed by atoms with Gasteiger partial charge in [-0.3, -0.25) is 0 Å². The molecule has 0 aliphatic carbocycles. The molecule has 0 amide bonds. The zero-order chi connectivity index (χ0) is 18.7. The van der Waals surface area contributed by atoms with Gasteiger partial charge in [0.2, 0.25) is 0 Å². The van der Waals surface area contributed by atoms with E-state index in [1.54, 1.807) is 0 Å². The summed E-state index contributed by atoms with van der Waals surface area (Å²) in [5.41, 5.74) is 0. The molecular weight excluding hydrogens is 320 g/mol. The number of unbranched alkanes of at least 4 members (excludes halogenated alkanes) is 12. The SMILES string of the molecule is CCCCCCCCCOc1ccccc1OCCCCCCCCC. The molecule has 1 aromatic carbocycles. The van der Waals surface area contributed by atoms with Crippen molar-refractivity contribution in [2.24, 2.45) is 0 Å². The Morgan fingerprint density at radius 2 is 0.846 bits per heavy atom. The molecule has 0 aliphatic heterocycles. The van der Waals surface area contributed by atoms with E-state index in [9.17, 15) is 0 Å². The van der Waals surface area contributed by atoms with Crippen molar-refractivity contribution >= 4 is 0 Å². The van der Waals surface area contributed by atoms with Gasteiger partial charge in [-0.2, -0.15) is 0 Å². The lowest BCUT2D eigenvalue weighted by molar-refractivity contribution is 0.258. The zero-order valence-corrected chi connectivity index (χ0v) is 17.4. The third kappa shape index (κ3) is 12.2. The average Bonchev–Trinajstić information content (AvgIpc) is 2.67. The molecule has 0 N–H and O–H groups in total. The fourth-order valence-corrected chi connectivity index (χ4v) is 3.17. The van der Waals surface area contributed by atoms with Crippen LogP contribution in [0.5, 0.6) is 11.5 Å². The maximum Gasteiger partial charge on any atom is 0.161 e. The first-order valence-corrected chi connectivity index (χ1v) is 11.2. The van der Waals surface area contributed by atoms with Gasteiger partial charge < -0.3 is 9.47 Å². The van der Waals surface area contributed by atoms with Crippen LogP contribution >= 0.6 is 0 Å². The predicted molar refractivity (Wildman–Crippen MR) is 113 cm³/mol. The number of hydrogen-bond donors (Lipinski definition) is 0. The van der Waals surface area contributed by atoms with E-state index in [2.05, 4.69) is 13.8 Å². The molecule has 2 heteroatoms. The van der Waals surface area contributed by atoms with Gasteiger partial charge in [0.15, 0.2) is 11.5 Å². The van der Waals surface area contributed by atoms with Crippen molar-refractivity contribution in [2.75, 3.05) is 13.2 Å². The minimum Gasteiger partial charge on any atom is -0.490 e. The van der Waals surface area contributed by atoms with Crippen molar-refractivity contribution in [2.45, 2.75) is 104 Å². The van der Waals surface area contributed by atoms with Gasteiger partial charge in [-0.05, 0) is 25.0 Å². The van der Waals surface area contributed by atoms with Crippen molar-refractivity contribution in [3.8, 4) is 11.5 Å². The highest BCUT2D eigenvalue weighted by Crippen LogP contribution is 2.27. The molecule has 0 unspecified atom stereocenters. The van der Waals surface area contributed by atoms with Crippen molar-refractivity contribution in [3.63, 3.8) is 0 Å². The average molecular weight is 363 g/mol. The molecule has 1 aromatic rings. The van der Waals surface area contributed by atoms with E-state index in [0.29, 0.717) is 0 Å². The summed E-state index contributed by atoms with van der Waals surface area (Å²) in [4.78, 5) is 0. The maximum absolute atomic E-state index is 5.96. The summed E-state index contributed by atoms with van der Waals surface area (Å²) in [6, 6.07) is 8.12. The molecule has 0 saturated heterocycles. The van der Waals surface area contributed by atoms with Crippen LogP contribution in [0.15, 0.2) is 24.3 Å². The van der Waals surface area contributed by atoms with E-state index in [1.165, 1.54) is 77.0 Å². The van der Waals surface area contributed by atoms with Crippen molar-refractivity contribution in [1.29, 1.82) is 0 Å². The minimum absolute atomic E-state index is 0.797. The summed E-state index contributed by atoms with van der Waals surface area (Å²) in [7, 11) is 0. The normalized spacial score (nSPS) is 10.8. The summed E-state index contributed by atoms with van der Waals surface area (Å²) in [6.45, 7) is 6.12. The molecule has 150 valence electrons. The second-order valence-corrected chi connectivity index (χ2v) is 7.39. The summed E-state index contributed by atoms with van der Waals surface area (Å²) in [6.07, 6.45) is 18.4. The minimum atomic E-state index is 0.797. The molecule has 0 aromatic heterocycles. The van der Waals surface area contributed by atoms with Gasteiger partial charge in [0.25, 0.3) is 0 Å². The van der Waals surface area contributed by atoms with Crippen LogP contribution in [0, 0.1) is 0 Å². The molecule has 26 heavy (non-hydrogen) atoms. The van der Waals surface area contributed by atoms with Crippen LogP contribution in [0.25, 0.3) is 0 Å². The van der Waals surface area contributed by atoms with E-state index >= 15 is 0 Å². The summed E-state index contributed by atoms with van der Waals surface area (Å²) >= 11 is 0. The van der Waals surface area contributed by atoms with E-state index in [4.69, 9.17) is 9.47 Å². The van der Waals surface area contributed by atoms with E-state index in [-0.39, 0.29) is 0 Å². The van der Waals surface area contributed by atoms with Gasteiger partial charge in [-0.25, -0.2) is 0 Å². The summed E-state index contributed by atoms with van der Waals surface area (Å²) < 4.78 is 11.9. The lowest BCUT2D eigenvalue weighted by Crippen LogP contribution is -2.02. The van der Waals surface area contributed by atoms with Crippen LogP contribution in [-0.2, 0) is 0 Å². The Kier molecular flexibility index (Phi) is 15.2. The van der Waals surface area contributed by atoms with Crippen molar-refractivity contribution < 1.29 is 9.47 Å². The monoisotopic (exact) mass is 362 g/mol. The van der Waals surface area contributed by atoms with Gasteiger partial charge in [0, 0.05) is 0 Å². The molecule has 0 atom stereocenters. The molecular formula is C24H42O2. The topological polar surface area (TPSA) is 18.5 Å². The third-order valence-electron chi connectivity index (χ3n) is 4.86. The molecule has 0 fully saturated rings. The molecule has 0 spiro atoms. The highest BCUT2D eigenvalue weighted by molar-refractivity contribution is 5.39. The van der Waals surface area contributed by atoms with E-state index in [1.807, 2.05) is 24.3 Å². The van der Waals surface area contributed by atoms with Crippen molar-refractivity contribution in [1.82, 2.24) is 0 Å². The number of ether oxygens (including phenoxy) is 2. The molecule has 0 saturated carbocycles. The quantitative estimate of drug-likeness (QED) is 0.247. The van der Waals surface area contributed by atoms with E-state index < -0.39 is 0 Å². The molecule has 1 rings (SSSR count). The fourth-order valence-electron chi connectivity index (χ4n) is 3.17. The van der Waals surface area contributed by atoms with Crippen LogP contribution in [-0.4, -0.2) is 13.2 Å². The predicted octanol–water partition coefficient (Wildman–Crippen LogP) is 7.95. The Balaban J connectivity index is 2.10. The lowest BCUT2D eigenvalue weighted by Gasteiger charge is -2.12. The van der Waals surface area contributed by atoms with Gasteiger partial charge in [0.1, 0.15) is 0 Å². The van der Waals surface area contributed by atoms with Gasteiger partial charge >= 0.3 is 0 Å². The molecule has 0 heterocycles. The second kappa shape index (κ2) is 17.2. The first-order valence-electron chi connectivity index (χ1n) is 11.2. The Hall–Kier alpha value is -1.18. The Morgan fingerprint density at radius 3 is 1.23 bits per heavy atom. The second-order valence-electron chi connectivity index (χ2n) is 7.39. The first-order chi connectivity index (χ1) is 12.9. The van der Waals surface area contributed by atoms with Gasteiger partial charge in [0.05, 0.1) is 13.2 Å². The van der Waals surface area contributed by atoms with Crippen LogP contribution in [0.1, 0.15) is 104 Å². The third-order valence-corrected chi connectivity index (χ3v) is 4.86. The van der Waals surface area contributed by atoms with Crippen LogP contribution in [0.4, 0.5) is 0 Å². The largest absolute Gasteiger partial charge is 0.490 e. The van der Waals surface area contributed by atoms with Crippen molar-refractivity contribution in [3.05, 3.63) is 24.3 Å². The highest BCUT2D eigenvalue weighted by atomic mass is 16.5. The maximum atomic E-state index is 5.96. The van der Waals surface area contributed by atoms with Crippen LogP contribution in [0.2, 0.25) is 0 Å².